The largest absolute Gasteiger partial charge is 0.481 e. The molecule has 1 atom stereocenters. The zero-order valence-corrected chi connectivity index (χ0v) is 11.2. The van der Waals surface area contributed by atoms with E-state index in [0.717, 1.165) is 4.90 Å². The summed E-state index contributed by atoms with van der Waals surface area (Å²) in [6.45, 7) is -0.436. The molecule has 3 N–H and O–H groups in total. The van der Waals surface area contributed by atoms with Gasteiger partial charge in [-0.05, 0) is 6.07 Å². The lowest BCUT2D eigenvalue weighted by Gasteiger charge is -2.32. The number of anilines is 1. The van der Waals surface area contributed by atoms with Crippen LogP contribution in [0.25, 0.3) is 0 Å². The first-order valence-electron chi connectivity index (χ1n) is 6.08. The zero-order valence-electron chi connectivity index (χ0n) is 11.2. The van der Waals surface area contributed by atoms with Crippen molar-refractivity contribution in [2.75, 3.05) is 25.5 Å². The van der Waals surface area contributed by atoms with Crippen molar-refractivity contribution >= 4 is 23.6 Å². The highest BCUT2D eigenvalue weighted by atomic mass is 16.5. The molecule has 9 nitrogen and oxygen atoms in total. The number of rotatable bonds is 3. The number of hydrogen-bond donors (Lipinski definition) is 3. The highest BCUT2D eigenvalue weighted by Crippen LogP contribution is 2.13. The topological polar surface area (TPSA) is 121 Å². The Morgan fingerprint density at radius 1 is 1.52 bits per heavy atom. The van der Waals surface area contributed by atoms with Crippen LogP contribution in [0.5, 0.6) is 5.88 Å². The van der Waals surface area contributed by atoms with Gasteiger partial charge < -0.3 is 20.5 Å². The molecule has 21 heavy (non-hydrogen) atoms. The Bertz CT molecular complexity index is 559. The maximum absolute atomic E-state index is 12.1. The Labute approximate surface area is 119 Å². The van der Waals surface area contributed by atoms with E-state index in [1.54, 1.807) is 12.1 Å². The van der Waals surface area contributed by atoms with Gasteiger partial charge in [-0.25, -0.2) is 14.6 Å². The fourth-order valence-electron chi connectivity index (χ4n) is 1.85. The number of urea groups is 1. The monoisotopic (exact) mass is 294 g/mol. The molecule has 0 saturated carbocycles. The summed E-state index contributed by atoms with van der Waals surface area (Å²) in [6.07, 6.45) is 1.37. The zero-order chi connectivity index (χ0) is 15.4. The number of carbonyl (C=O) groups is 3. The molecule has 1 aliphatic heterocycles. The van der Waals surface area contributed by atoms with Crippen LogP contribution >= 0.6 is 0 Å². The fourth-order valence-corrected chi connectivity index (χ4v) is 1.85. The third kappa shape index (κ3) is 3.38. The first-order chi connectivity index (χ1) is 10.0. The number of hydrogen-bond acceptors (Lipinski definition) is 5. The standard InChI is InChI=1S/C12H14N4O5/c1-21-10-3-2-7(4-14-10)15-12(20)16-6-9(17)13-5-8(16)11(18)19/h2-4,8H,5-6H2,1H3,(H,13,17)(H,15,20)(H,18,19). The smallest absolute Gasteiger partial charge is 0.328 e. The van der Waals surface area contributed by atoms with Gasteiger partial charge in [-0.1, -0.05) is 0 Å². The fraction of sp³-hybridized carbons (Fsp3) is 0.333. The molecular weight excluding hydrogens is 280 g/mol. The summed E-state index contributed by atoms with van der Waals surface area (Å²) in [7, 11) is 1.46. The summed E-state index contributed by atoms with van der Waals surface area (Å²) in [4.78, 5) is 39.4. The molecule has 2 rings (SSSR count). The van der Waals surface area contributed by atoms with E-state index >= 15 is 0 Å². The minimum atomic E-state index is -1.18. The van der Waals surface area contributed by atoms with E-state index < -0.39 is 23.9 Å². The predicted molar refractivity (Wildman–Crippen MR) is 70.9 cm³/mol. The van der Waals surface area contributed by atoms with Gasteiger partial charge in [-0.3, -0.25) is 9.69 Å². The molecule has 1 saturated heterocycles. The Kier molecular flexibility index (Phi) is 4.21. The average molecular weight is 294 g/mol. The van der Waals surface area contributed by atoms with E-state index in [0.29, 0.717) is 11.6 Å². The number of aromatic nitrogens is 1. The molecule has 1 unspecified atom stereocenters. The Hall–Kier alpha value is -2.84. The number of nitrogens with zero attached hydrogens (tertiary/aromatic N) is 2. The van der Waals surface area contributed by atoms with Crippen molar-refractivity contribution in [1.29, 1.82) is 0 Å². The van der Waals surface area contributed by atoms with Crippen LogP contribution in [0.2, 0.25) is 0 Å². The summed E-state index contributed by atoms with van der Waals surface area (Å²) < 4.78 is 4.89. The number of amides is 3. The van der Waals surface area contributed by atoms with Crippen LogP contribution in [0.4, 0.5) is 10.5 Å². The van der Waals surface area contributed by atoms with Gasteiger partial charge in [0.1, 0.15) is 12.6 Å². The van der Waals surface area contributed by atoms with Gasteiger partial charge in [0.15, 0.2) is 0 Å². The van der Waals surface area contributed by atoms with E-state index in [1.165, 1.54) is 13.3 Å². The van der Waals surface area contributed by atoms with Crippen molar-refractivity contribution in [2.24, 2.45) is 0 Å². The molecule has 3 amide bonds. The molecule has 1 aromatic heterocycles. The quantitative estimate of drug-likeness (QED) is 0.691. The van der Waals surface area contributed by atoms with E-state index in [9.17, 15) is 14.4 Å². The van der Waals surface area contributed by atoms with E-state index in [4.69, 9.17) is 9.84 Å². The second-order valence-corrected chi connectivity index (χ2v) is 4.31. The van der Waals surface area contributed by atoms with Crippen LogP contribution < -0.4 is 15.4 Å². The lowest BCUT2D eigenvalue weighted by molar-refractivity contribution is -0.144. The number of pyridine rings is 1. The Balaban J connectivity index is 2.08. The van der Waals surface area contributed by atoms with Crippen molar-refractivity contribution in [2.45, 2.75) is 6.04 Å². The molecule has 9 heteroatoms. The second-order valence-electron chi connectivity index (χ2n) is 4.31. The molecule has 1 aromatic rings. The first-order valence-corrected chi connectivity index (χ1v) is 6.08. The average Bonchev–Trinajstić information content (AvgIpc) is 2.47. The van der Waals surface area contributed by atoms with E-state index in [2.05, 4.69) is 15.6 Å². The van der Waals surface area contributed by atoms with Crippen molar-refractivity contribution in [3.8, 4) is 5.88 Å². The van der Waals surface area contributed by atoms with E-state index in [-0.39, 0.29) is 13.1 Å². The lowest BCUT2D eigenvalue weighted by atomic mass is 10.2. The molecule has 0 spiro atoms. The van der Waals surface area contributed by atoms with Crippen LogP contribution in [0.3, 0.4) is 0 Å². The first kappa shape index (κ1) is 14.6. The number of ether oxygens (including phenoxy) is 1. The lowest BCUT2D eigenvalue weighted by Crippen LogP contribution is -2.60. The van der Waals surface area contributed by atoms with Crippen molar-refractivity contribution in [3.05, 3.63) is 18.3 Å². The minimum Gasteiger partial charge on any atom is -0.481 e. The van der Waals surface area contributed by atoms with Crippen LogP contribution in [-0.2, 0) is 9.59 Å². The van der Waals surface area contributed by atoms with Gasteiger partial charge >= 0.3 is 12.0 Å². The number of aliphatic carboxylic acids is 1. The van der Waals surface area contributed by atoms with Crippen molar-refractivity contribution in [1.82, 2.24) is 15.2 Å². The summed E-state index contributed by atoms with van der Waals surface area (Å²) >= 11 is 0. The van der Waals surface area contributed by atoms with Gasteiger partial charge in [0.05, 0.1) is 19.0 Å². The highest BCUT2D eigenvalue weighted by molar-refractivity contribution is 5.96. The summed E-state index contributed by atoms with van der Waals surface area (Å²) in [5.74, 6) is -1.21. The predicted octanol–water partition coefficient (Wildman–Crippen LogP) is -0.493. The van der Waals surface area contributed by atoms with Crippen LogP contribution in [-0.4, -0.2) is 59.1 Å². The number of methoxy groups -OCH3 is 1. The molecule has 2 heterocycles. The van der Waals surface area contributed by atoms with Crippen molar-refractivity contribution < 1.29 is 24.2 Å². The number of piperazine rings is 1. The summed E-state index contributed by atoms with van der Waals surface area (Å²) in [6, 6.07) is 1.33. The van der Waals surface area contributed by atoms with Gasteiger partial charge in [0.25, 0.3) is 0 Å². The summed E-state index contributed by atoms with van der Waals surface area (Å²) in [5, 5.41) is 14.0. The molecular formula is C12H14N4O5. The maximum atomic E-state index is 12.1. The van der Waals surface area contributed by atoms with Gasteiger partial charge in [0.2, 0.25) is 11.8 Å². The van der Waals surface area contributed by atoms with Crippen LogP contribution in [0.1, 0.15) is 0 Å². The third-order valence-corrected chi connectivity index (χ3v) is 2.93. The normalized spacial score (nSPS) is 17.9. The Morgan fingerprint density at radius 2 is 2.29 bits per heavy atom. The van der Waals surface area contributed by atoms with Gasteiger partial charge in [-0.2, -0.15) is 0 Å². The third-order valence-electron chi connectivity index (χ3n) is 2.93. The second kappa shape index (κ2) is 6.07. The SMILES string of the molecule is COc1ccc(NC(=O)N2CC(=O)NCC2C(=O)O)cn1. The highest BCUT2D eigenvalue weighted by Gasteiger charge is 2.35. The molecule has 1 aliphatic rings. The molecule has 0 aliphatic carbocycles. The summed E-state index contributed by atoms with van der Waals surface area (Å²) in [5.41, 5.74) is 0.371. The molecule has 0 bridgehead atoms. The van der Waals surface area contributed by atoms with Crippen LogP contribution in [0.15, 0.2) is 18.3 Å². The van der Waals surface area contributed by atoms with Crippen molar-refractivity contribution in [3.63, 3.8) is 0 Å². The van der Waals surface area contributed by atoms with E-state index in [1.807, 2.05) is 0 Å². The van der Waals surface area contributed by atoms with Crippen LogP contribution in [0, 0.1) is 0 Å². The molecule has 112 valence electrons. The molecule has 1 fully saturated rings. The van der Waals surface area contributed by atoms with Gasteiger partial charge in [0, 0.05) is 12.6 Å². The molecule has 0 radical (unpaired) electrons. The minimum absolute atomic E-state index is 0.123. The number of carboxylic acids is 1. The maximum Gasteiger partial charge on any atom is 0.328 e. The van der Waals surface area contributed by atoms with Gasteiger partial charge in [-0.15, -0.1) is 0 Å². The number of nitrogens with one attached hydrogen (secondary N) is 2. The number of carboxylic acid groups (broad SMARTS) is 1. The molecule has 0 aromatic carbocycles. The Morgan fingerprint density at radius 3 is 2.86 bits per heavy atom. The number of carbonyl (C=O) groups excluding carboxylic acids is 2.